The monoisotopic (exact) mass is 559 g/mol. The van der Waals surface area contributed by atoms with Crippen LogP contribution < -0.4 is 14.6 Å². The topological polar surface area (TPSA) is 153 Å². The Labute approximate surface area is 224 Å². The fraction of sp³-hybridized carbons (Fsp3) is 0.440. The summed E-state index contributed by atoms with van der Waals surface area (Å²) in [6, 6.07) is 8.85. The molecule has 1 N–H and O–H groups in total. The summed E-state index contributed by atoms with van der Waals surface area (Å²) in [5.41, 5.74) is -0.824. The highest BCUT2D eigenvalue weighted by atomic mass is 32.2. The third kappa shape index (κ3) is 5.21. The Morgan fingerprint density at radius 3 is 2.46 bits per heavy atom. The van der Waals surface area contributed by atoms with Crippen molar-refractivity contribution in [3.8, 4) is 5.75 Å². The van der Waals surface area contributed by atoms with Gasteiger partial charge in [0.2, 0.25) is 27.5 Å². The van der Waals surface area contributed by atoms with E-state index in [2.05, 4.69) is 4.98 Å². The number of anilines is 1. The fourth-order valence-corrected chi connectivity index (χ4v) is 6.51. The number of fused-ring (bicyclic) bond motifs is 1. The Morgan fingerprint density at radius 1 is 1.15 bits per heavy atom. The highest BCUT2D eigenvalue weighted by Gasteiger charge is 2.34. The summed E-state index contributed by atoms with van der Waals surface area (Å²) < 4.78 is 40.4. The second-order valence-electron chi connectivity index (χ2n) is 9.72. The molecule has 39 heavy (non-hydrogen) atoms. The van der Waals surface area contributed by atoms with Crippen LogP contribution >= 0.6 is 0 Å². The number of benzene rings is 1. The maximum Gasteiger partial charge on any atom is 0.358 e. The number of sulfonamides is 1. The minimum Gasteiger partial charge on any atom is -0.481 e. The van der Waals surface area contributed by atoms with E-state index >= 15 is 0 Å². The Hall–Kier alpha value is -3.91. The number of imidazole rings is 1. The van der Waals surface area contributed by atoms with Gasteiger partial charge in [0.1, 0.15) is 19.0 Å². The number of nitrogens with zero attached hydrogens (tertiary/aromatic N) is 5. The number of morpholine rings is 1. The summed E-state index contributed by atoms with van der Waals surface area (Å²) >= 11 is 0. The number of carbonyl (C=O) groups is 2. The largest absolute Gasteiger partial charge is 0.481 e. The molecule has 0 radical (unpaired) electrons. The molecule has 2 aliphatic rings. The quantitative estimate of drug-likeness (QED) is 0.446. The molecule has 2 fully saturated rings. The number of carbonyl (C=O) groups excluding carboxylic acids is 1. The zero-order chi connectivity index (χ0) is 27.9. The first kappa shape index (κ1) is 26.7. The van der Waals surface area contributed by atoms with Crippen molar-refractivity contribution >= 4 is 33.5 Å². The Balaban J connectivity index is 1.62. The summed E-state index contributed by atoms with van der Waals surface area (Å²) in [7, 11) is -3.73. The lowest BCUT2D eigenvalue weighted by Gasteiger charge is -2.35. The van der Waals surface area contributed by atoms with Crippen molar-refractivity contribution in [3.05, 3.63) is 58.1 Å². The number of aromatic carboxylic acids is 1. The zero-order valence-corrected chi connectivity index (χ0v) is 22.3. The minimum absolute atomic E-state index is 0.0296. The van der Waals surface area contributed by atoms with Crippen molar-refractivity contribution in [3.63, 3.8) is 0 Å². The number of carboxylic acids is 1. The molecule has 1 amide bonds. The molecule has 2 aromatic heterocycles. The van der Waals surface area contributed by atoms with E-state index in [1.54, 1.807) is 35.2 Å². The van der Waals surface area contributed by atoms with Gasteiger partial charge in [0.05, 0.1) is 24.2 Å². The van der Waals surface area contributed by atoms with E-state index in [1.807, 2.05) is 13.8 Å². The summed E-state index contributed by atoms with van der Waals surface area (Å²) in [6.07, 6.45) is 1.36. The highest BCUT2D eigenvalue weighted by Crippen LogP contribution is 2.27. The van der Waals surface area contributed by atoms with Crippen molar-refractivity contribution in [2.45, 2.75) is 45.6 Å². The summed E-state index contributed by atoms with van der Waals surface area (Å²) in [4.78, 5) is 45.0. The maximum absolute atomic E-state index is 13.7. The zero-order valence-electron chi connectivity index (χ0n) is 21.5. The minimum atomic E-state index is -3.73. The van der Waals surface area contributed by atoms with E-state index in [1.165, 1.54) is 10.8 Å². The predicted molar refractivity (Wildman–Crippen MR) is 140 cm³/mol. The lowest BCUT2D eigenvalue weighted by atomic mass is 10.2. The molecule has 14 heteroatoms. The van der Waals surface area contributed by atoms with Gasteiger partial charge in [-0.15, -0.1) is 0 Å². The van der Waals surface area contributed by atoms with Gasteiger partial charge >= 0.3 is 11.5 Å². The molecule has 1 aromatic carbocycles. The molecule has 3 aromatic rings. The van der Waals surface area contributed by atoms with E-state index in [0.717, 1.165) is 8.71 Å². The first-order valence-electron chi connectivity index (χ1n) is 12.5. The Bertz CT molecular complexity index is 1570. The average molecular weight is 560 g/mol. The smallest absolute Gasteiger partial charge is 0.358 e. The first-order valence-corrected chi connectivity index (χ1v) is 14.2. The maximum atomic E-state index is 13.7. The van der Waals surface area contributed by atoms with E-state index in [-0.39, 0.29) is 55.2 Å². The molecule has 5 rings (SSSR count). The second-order valence-corrected chi connectivity index (χ2v) is 11.7. The van der Waals surface area contributed by atoms with Crippen LogP contribution in [0, 0.1) is 0 Å². The van der Waals surface area contributed by atoms with Crippen LogP contribution in [0.4, 0.5) is 5.82 Å². The van der Waals surface area contributed by atoms with Crippen LogP contribution in [0.15, 0.2) is 41.3 Å². The first-order chi connectivity index (χ1) is 18.5. The van der Waals surface area contributed by atoms with Gasteiger partial charge in [-0.2, -0.15) is 0 Å². The second kappa shape index (κ2) is 10.3. The van der Waals surface area contributed by atoms with Crippen LogP contribution in [0.25, 0.3) is 5.78 Å². The number of rotatable bonds is 7. The number of ether oxygens (including phenoxy) is 2. The molecular weight excluding hydrogens is 530 g/mol. The number of carboxylic acid groups (broad SMARTS) is 1. The van der Waals surface area contributed by atoms with Crippen molar-refractivity contribution in [1.29, 1.82) is 0 Å². The third-order valence-electron chi connectivity index (χ3n) is 6.64. The number of hydrogen-bond donors (Lipinski definition) is 1. The Morgan fingerprint density at radius 2 is 1.85 bits per heavy atom. The van der Waals surface area contributed by atoms with Gasteiger partial charge in [0, 0.05) is 19.6 Å². The van der Waals surface area contributed by atoms with Crippen molar-refractivity contribution in [2.75, 3.05) is 29.7 Å². The molecule has 2 saturated heterocycles. The highest BCUT2D eigenvalue weighted by molar-refractivity contribution is 7.93. The standard InChI is InChI=1S/C25H29N5O8S/c1-16-11-27(12-17(2)38-16)20(31)14-28-13-19(29-9-6-10-39(29,35)36)30-23(32)22(21(24(33)34)26-25(28)30)37-15-18-7-4-3-5-8-18/h3-5,7-8,13,16-17H,6,9-12,14-15H2,1-2H3,(H,33,34)/t16-,17-/m0/s1. The van der Waals surface area contributed by atoms with Gasteiger partial charge < -0.3 is 24.0 Å². The van der Waals surface area contributed by atoms with E-state index in [0.29, 0.717) is 25.1 Å². The van der Waals surface area contributed by atoms with Crippen LogP contribution in [0.3, 0.4) is 0 Å². The molecule has 2 aliphatic heterocycles. The number of aromatic nitrogens is 3. The van der Waals surface area contributed by atoms with Crippen molar-refractivity contribution in [2.24, 2.45) is 0 Å². The summed E-state index contributed by atoms with van der Waals surface area (Å²) in [5.74, 6) is -2.64. The normalized spacial score (nSPS) is 20.9. The van der Waals surface area contributed by atoms with Crippen LogP contribution in [-0.4, -0.2) is 81.8 Å². The van der Waals surface area contributed by atoms with Gasteiger partial charge in [-0.25, -0.2) is 22.6 Å². The van der Waals surface area contributed by atoms with Crippen LogP contribution in [-0.2, 0) is 32.7 Å². The van der Waals surface area contributed by atoms with E-state index in [4.69, 9.17) is 9.47 Å². The van der Waals surface area contributed by atoms with Crippen LogP contribution in [0.2, 0.25) is 0 Å². The van der Waals surface area contributed by atoms with Gasteiger partial charge in [0.15, 0.2) is 5.69 Å². The molecule has 13 nitrogen and oxygen atoms in total. The van der Waals surface area contributed by atoms with E-state index < -0.39 is 33.0 Å². The van der Waals surface area contributed by atoms with Gasteiger partial charge in [-0.1, -0.05) is 30.3 Å². The van der Waals surface area contributed by atoms with Crippen LogP contribution in [0.1, 0.15) is 36.3 Å². The van der Waals surface area contributed by atoms with Gasteiger partial charge in [-0.05, 0) is 25.8 Å². The molecule has 4 heterocycles. The van der Waals surface area contributed by atoms with Crippen molar-refractivity contribution in [1.82, 2.24) is 18.9 Å². The molecule has 2 atom stereocenters. The summed E-state index contributed by atoms with van der Waals surface area (Å²) in [5, 5.41) is 9.89. The SMILES string of the molecule is C[C@H]1CN(C(=O)Cn2cc(N3CCCS3(=O)=O)n3c(=O)c(OCc4ccccc4)c(C(=O)O)nc23)C[C@H](C)O1. The molecule has 208 valence electrons. The van der Waals surface area contributed by atoms with Crippen LogP contribution in [0.5, 0.6) is 5.75 Å². The molecule has 0 aliphatic carbocycles. The fourth-order valence-electron chi connectivity index (χ4n) is 4.97. The lowest BCUT2D eigenvalue weighted by molar-refractivity contribution is -0.143. The Kier molecular flexibility index (Phi) is 7.07. The van der Waals surface area contributed by atoms with Gasteiger partial charge in [-0.3, -0.25) is 13.9 Å². The predicted octanol–water partition coefficient (Wildman–Crippen LogP) is 0.949. The third-order valence-corrected chi connectivity index (χ3v) is 8.49. The molecule has 0 bridgehead atoms. The summed E-state index contributed by atoms with van der Waals surface area (Å²) in [6.45, 7) is 4.17. The molecule has 0 saturated carbocycles. The number of amides is 1. The van der Waals surface area contributed by atoms with E-state index in [9.17, 15) is 27.9 Å². The van der Waals surface area contributed by atoms with Crippen molar-refractivity contribution < 1.29 is 32.6 Å². The lowest BCUT2D eigenvalue weighted by Crippen LogP contribution is -2.49. The average Bonchev–Trinajstić information content (AvgIpc) is 3.41. The number of hydrogen-bond acceptors (Lipinski definition) is 8. The molecule has 0 unspecified atom stereocenters. The van der Waals surface area contributed by atoms with Gasteiger partial charge in [0.25, 0.3) is 0 Å². The molecule has 0 spiro atoms. The molecular formula is C25H29N5O8S.